The first kappa shape index (κ1) is 18.2. The van der Waals surface area contributed by atoms with Crippen LogP contribution in [0.5, 0.6) is 0 Å². The molecule has 1 spiro atoms. The van der Waals surface area contributed by atoms with Crippen molar-refractivity contribution in [1.82, 2.24) is 24.6 Å². The molecule has 6 heteroatoms. The van der Waals surface area contributed by atoms with Crippen LogP contribution in [-0.2, 0) is 11.3 Å². The van der Waals surface area contributed by atoms with Crippen molar-refractivity contribution in [1.29, 1.82) is 0 Å². The van der Waals surface area contributed by atoms with Crippen LogP contribution in [-0.4, -0.2) is 62.7 Å². The van der Waals surface area contributed by atoms with Crippen molar-refractivity contribution in [3.8, 4) is 0 Å². The number of carbonyl (C=O) groups is 1. The number of likely N-dealkylation sites (N-methyl/N-ethyl adjacent to an activating group) is 1. The summed E-state index contributed by atoms with van der Waals surface area (Å²) in [6, 6.07) is 10.9. The number of aromatic nitrogens is 3. The molecule has 2 aromatic rings. The molecule has 2 fully saturated rings. The standard InChI is InChI=1S/C21H29N5O/c1-24-15-19(18-6-3-2-4-7-18)14-21(24)9-12-25(13-10-21)20(27)8-5-11-26-17-22-16-23-26/h2-4,6-7,16-17,19H,5,8-15H2,1H3/t19-/m0/s1. The zero-order valence-electron chi connectivity index (χ0n) is 16.1. The van der Waals surface area contributed by atoms with Crippen LogP contribution in [0.25, 0.3) is 0 Å². The minimum atomic E-state index is 0.262. The van der Waals surface area contributed by atoms with Gasteiger partial charge in [0, 0.05) is 38.1 Å². The Kier molecular flexibility index (Phi) is 5.25. The number of amides is 1. The van der Waals surface area contributed by atoms with Gasteiger partial charge in [0.1, 0.15) is 12.7 Å². The van der Waals surface area contributed by atoms with Crippen molar-refractivity contribution < 1.29 is 4.79 Å². The average molecular weight is 367 g/mol. The van der Waals surface area contributed by atoms with Gasteiger partial charge in [-0.05, 0) is 44.2 Å². The van der Waals surface area contributed by atoms with Gasteiger partial charge in [-0.3, -0.25) is 14.4 Å². The highest BCUT2D eigenvalue weighted by molar-refractivity contribution is 5.76. The lowest BCUT2D eigenvalue weighted by Gasteiger charge is -2.43. The average Bonchev–Trinajstić information content (AvgIpc) is 3.32. The number of benzene rings is 1. The molecule has 1 amide bonds. The lowest BCUT2D eigenvalue weighted by Crippen LogP contribution is -2.51. The van der Waals surface area contributed by atoms with Crippen molar-refractivity contribution in [2.75, 3.05) is 26.7 Å². The monoisotopic (exact) mass is 367 g/mol. The van der Waals surface area contributed by atoms with Gasteiger partial charge >= 0.3 is 0 Å². The molecule has 1 aromatic heterocycles. The fourth-order valence-corrected chi connectivity index (χ4v) is 4.81. The van der Waals surface area contributed by atoms with Crippen molar-refractivity contribution in [2.24, 2.45) is 0 Å². The van der Waals surface area contributed by atoms with Crippen LogP contribution >= 0.6 is 0 Å². The lowest BCUT2D eigenvalue weighted by atomic mass is 9.81. The summed E-state index contributed by atoms with van der Waals surface area (Å²) in [6.45, 7) is 3.64. The van der Waals surface area contributed by atoms with E-state index in [4.69, 9.17) is 0 Å². The van der Waals surface area contributed by atoms with Gasteiger partial charge in [0.15, 0.2) is 0 Å². The quantitative estimate of drug-likeness (QED) is 0.815. The molecule has 0 bridgehead atoms. The SMILES string of the molecule is CN1C[C@@H](c2ccccc2)CC12CCN(C(=O)CCCn1cncn1)CC2. The van der Waals surface area contributed by atoms with Crippen LogP contribution in [0, 0.1) is 0 Å². The maximum absolute atomic E-state index is 12.6. The Morgan fingerprint density at radius 1 is 1.22 bits per heavy atom. The fourth-order valence-electron chi connectivity index (χ4n) is 4.81. The lowest BCUT2D eigenvalue weighted by molar-refractivity contribution is -0.133. The minimum Gasteiger partial charge on any atom is -0.343 e. The Morgan fingerprint density at radius 2 is 2.00 bits per heavy atom. The van der Waals surface area contributed by atoms with E-state index in [9.17, 15) is 4.79 Å². The number of piperidine rings is 1. The zero-order valence-corrected chi connectivity index (χ0v) is 16.1. The smallest absolute Gasteiger partial charge is 0.222 e. The van der Waals surface area contributed by atoms with Gasteiger partial charge in [-0.25, -0.2) is 4.98 Å². The summed E-state index contributed by atoms with van der Waals surface area (Å²) in [5.74, 6) is 0.895. The Morgan fingerprint density at radius 3 is 2.70 bits per heavy atom. The summed E-state index contributed by atoms with van der Waals surface area (Å²) in [4.78, 5) is 21.1. The third kappa shape index (κ3) is 3.90. The summed E-state index contributed by atoms with van der Waals surface area (Å²) < 4.78 is 1.79. The van der Waals surface area contributed by atoms with E-state index in [1.165, 1.54) is 18.3 Å². The first-order chi connectivity index (χ1) is 13.2. The van der Waals surface area contributed by atoms with Gasteiger partial charge in [-0.15, -0.1) is 0 Å². The van der Waals surface area contributed by atoms with Crippen molar-refractivity contribution in [2.45, 2.75) is 50.1 Å². The maximum atomic E-state index is 12.6. The third-order valence-corrected chi connectivity index (χ3v) is 6.49. The Bertz CT molecular complexity index is 737. The molecular formula is C21H29N5O. The Balaban J connectivity index is 1.28. The van der Waals surface area contributed by atoms with E-state index < -0.39 is 0 Å². The predicted octanol–water partition coefficient (Wildman–Crippen LogP) is 2.54. The van der Waals surface area contributed by atoms with Gasteiger partial charge in [0.05, 0.1) is 0 Å². The molecule has 1 atom stereocenters. The molecule has 27 heavy (non-hydrogen) atoms. The van der Waals surface area contributed by atoms with E-state index in [-0.39, 0.29) is 11.4 Å². The van der Waals surface area contributed by atoms with E-state index in [1.54, 1.807) is 11.0 Å². The molecule has 0 radical (unpaired) electrons. The second-order valence-electron chi connectivity index (χ2n) is 8.06. The topological polar surface area (TPSA) is 54.3 Å². The molecular weight excluding hydrogens is 338 g/mol. The maximum Gasteiger partial charge on any atom is 0.222 e. The van der Waals surface area contributed by atoms with E-state index in [1.807, 2.05) is 0 Å². The number of likely N-dealkylation sites (tertiary alicyclic amines) is 2. The van der Waals surface area contributed by atoms with E-state index in [0.717, 1.165) is 45.4 Å². The third-order valence-electron chi connectivity index (χ3n) is 6.49. The Hall–Kier alpha value is -2.21. The molecule has 6 nitrogen and oxygen atoms in total. The number of carbonyl (C=O) groups excluding carboxylic acids is 1. The van der Waals surface area contributed by atoms with Gasteiger partial charge in [-0.1, -0.05) is 30.3 Å². The van der Waals surface area contributed by atoms with Crippen molar-refractivity contribution >= 4 is 5.91 Å². The molecule has 2 aliphatic rings. The highest BCUT2D eigenvalue weighted by atomic mass is 16.2. The summed E-state index contributed by atoms with van der Waals surface area (Å²) in [7, 11) is 2.26. The van der Waals surface area contributed by atoms with Crippen LogP contribution in [0.4, 0.5) is 0 Å². The second kappa shape index (κ2) is 7.80. The molecule has 1 aromatic carbocycles. The summed E-state index contributed by atoms with van der Waals surface area (Å²) in [6.07, 6.45) is 8.03. The van der Waals surface area contributed by atoms with Crippen molar-refractivity contribution in [3.05, 3.63) is 48.5 Å². The van der Waals surface area contributed by atoms with Crippen LogP contribution in [0.3, 0.4) is 0 Å². The normalized spacial score (nSPS) is 22.4. The molecule has 4 rings (SSSR count). The Labute approximate surface area is 161 Å². The molecule has 2 aliphatic heterocycles. The molecule has 0 unspecified atom stereocenters. The molecule has 0 aliphatic carbocycles. The van der Waals surface area contributed by atoms with Gasteiger partial charge in [-0.2, -0.15) is 5.10 Å². The molecule has 0 saturated carbocycles. The second-order valence-corrected chi connectivity index (χ2v) is 8.06. The predicted molar refractivity (Wildman–Crippen MR) is 104 cm³/mol. The van der Waals surface area contributed by atoms with E-state index in [0.29, 0.717) is 12.3 Å². The van der Waals surface area contributed by atoms with E-state index >= 15 is 0 Å². The van der Waals surface area contributed by atoms with Gasteiger partial charge < -0.3 is 4.90 Å². The first-order valence-corrected chi connectivity index (χ1v) is 10.0. The first-order valence-electron chi connectivity index (χ1n) is 10.0. The van der Waals surface area contributed by atoms with Crippen LogP contribution < -0.4 is 0 Å². The number of aryl methyl sites for hydroxylation is 1. The molecule has 3 heterocycles. The van der Waals surface area contributed by atoms with Crippen LogP contribution in [0.2, 0.25) is 0 Å². The summed E-state index contributed by atoms with van der Waals surface area (Å²) in [5, 5.41) is 4.09. The number of hydrogen-bond acceptors (Lipinski definition) is 4. The molecule has 0 N–H and O–H groups in total. The summed E-state index contributed by atoms with van der Waals surface area (Å²) >= 11 is 0. The van der Waals surface area contributed by atoms with Gasteiger partial charge in [0.25, 0.3) is 0 Å². The van der Waals surface area contributed by atoms with Crippen LogP contribution in [0.1, 0.15) is 43.6 Å². The number of rotatable bonds is 5. The zero-order chi connectivity index (χ0) is 18.7. The largest absolute Gasteiger partial charge is 0.343 e. The summed E-state index contributed by atoms with van der Waals surface area (Å²) in [5.41, 5.74) is 1.71. The van der Waals surface area contributed by atoms with Crippen LogP contribution in [0.15, 0.2) is 43.0 Å². The molecule has 2 saturated heterocycles. The highest BCUT2D eigenvalue weighted by Crippen LogP contribution is 2.43. The minimum absolute atomic E-state index is 0.262. The number of hydrogen-bond donors (Lipinski definition) is 0. The highest BCUT2D eigenvalue weighted by Gasteiger charge is 2.45. The van der Waals surface area contributed by atoms with Crippen molar-refractivity contribution in [3.63, 3.8) is 0 Å². The fraction of sp³-hybridized carbons (Fsp3) is 0.571. The number of nitrogens with zero attached hydrogens (tertiary/aromatic N) is 5. The van der Waals surface area contributed by atoms with Gasteiger partial charge in [0.2, 0.25) is 5.91 Å². The van der Waals surface area contributed by atoms with E-state index in [2.05, 4.69) is 57.3 Å². The molecule has 144 valence electrons.